The van der Waals surface area contributed by atoms with Gasteiger partial charge in [-0.25, -0.2) is 0 Å². The normalized spacial score (nSPS) is 16.7. The minimum atomic E-state index is -1.00. The molecule has 0 aromatic carbocycles. The first kappa shape index (κ1) is 13.9. The minimum Gasteiger partial charge on any atom is -0.387 e. The zero-order chi connectivity index (χ0) is 11.2. The van der Waals surface area contributed by atoms with Crippen LogP contribution >= 0.6 is 0 Å². The fourth-order valence-corrected chi connectivity index (χ4v) is 1.38. The Hall–Kier alpha value is -0.0800. The zero-order valence-electron chi connectivity index (χ0n) is 10.1. The summed E-state index contributed by atoms with van der Waals surface area (Å²) in [7, 11) is 0. The molecule has 2 nitrogen and oxygen atoms in total. The highest BCUT2D eigenvalue weighted by molar-refractivity contribution is 4.89. The van der Waals surface area contributed by atoms with Crippen molar-refractivity contribution in [3.8, 4) is 0 Å². The third kappa shape index (κ3) is 4.97. The van der Waals surface area contributed by atoms with Crippen LogP contribution in [0.25, 0.3) is 0 Å². The minimum absolute atomic E-state index is 0.681. The molecule has 2 N–H and O–H groups in total. The van der Waals surface area contributed by atoms with Crippen LogP contribution < -0.4 is 0 Å². The molecule has 0 spiro atoms. The van der Waals surface area contributed by atoms with Crippen LogP contribution in [0, 0.1) is 0 Å². The largest absolute Gasteiger partial charge is 0.387 e. The van der Waals surface area contributed by atoms with Crippen LogP contribution in [0.1, 0.15) is 66.2 Å². The van der Waals surface area contributed by atoms with Gasteiger partial charge in [0.1, 0.15) is 0 Å². The van der Waals surface area contributed by atoms with E-state index in [2.05, 4.69) is 6.92 Å². The highest BCUT2D eigenvalue weighted by Crippen LogP contribution is 2.27. The van der Waals surface area contributed by atoms with Gasteiger partial charge < -0.3 is 10.2 Å². The molecule has 1 atom stereocenters. The highest BCUT2D eigenvalue weighted by Gasteiger charge is 2.36. The maximum atomic E-state index is 9.96. The van der Waals surface area contributed by atoms with Gasteiger partial charge in [0, 0.05) is 0 Å². The van der Waals surface area contributed by atoms with Crippen molar-refractivity contribution < 1.29 is 10.2 Å². The molecule has 86 valence electrons. The number of hydrogen-bond donors (Lipinski definition) is 2. The number of aliphatic hydroxyl groups is 2. The quantitative estimate of drug-likeness (QED) is 0.623. The molecule has 0 aliphatic carbocycles. The lowest BCUT2D eigenvalue weighted by Gasteiger charge is -2.35. The predicted molar refractivity (Wildman–Crippen MR) is 60.3 cm³/mol. The first-order valence-corrected chi connectivity index (χ1v) is 5.76. The van der Waals surface area contributed by atoms with Gasteiger partial charge in [0.05, 0.1) is 11.2 Å². The molecule has 0 radical (unpaired) electrons. The van der Waals surface area contributed by atoms with E-state index in [9.17, 15) is 10.2 Å². The van der Waals surface area contributed by atoms with Gasteiger partial charge in [-0.3, -0.25) is 0 Å². The van der Waals surface area contributed by atoms with Crippen molar-refractivity contribution in [3.63, 3.8) is 0 Å². The molecule has 0 bridgehead atoms. The van der Waals surface area contributed by atoms with Crippen LogP contribution in [0.2, 0.25) is 0 Å². The van der Waals surface area contributed by atoms with Crippen LogP contribution in [0.5, 0.6) is 0 Å². The van der Waals surface area contributed by atoms with Gasteiger partial charge in [0.25, 0.3) is 0 Å². The van der Waals surface area contributed by atoms with Crippen molar-refractivity contribution in [2.75, 3.05) is 0 Å². The molecule has 0 aromatic rings. The van der Waals surface area contributed by atoms with Crippen LogP contribution in [-0.2, 0) is 0 Å². The number of rotatable bonds is 7. The summed E-state index contributed by atoms with van der Waals surface area (Å²) in [5.74, 6) is 0. The molecule has 0 amide bonds. The van der Waals surface area contributed by atoms with Crippen LogP contribution in [0.3, 0.4) is 0 Å². The van der Waals surface area contributed by atoms with E-state index < -0.39 is 11.2 Å². The number of hydrogen-bond acceptors (Lipinski definition) is 2. The van der Waals surface area contributed by atoms with E-state index in [-0.39, 0.29) is 0 Å². The Bertz CT molecular complexity index is 145. The van der Waals surface area contributed by atoms with Crippen molar-refractivity contribution in [3.05, 3.63) is 0 Å². The standard InChI is InChI=1S/C12H26O2/c1-5-6-7-8-9-10-12(4,14)11(2,3)13/h13-14H,5-10H2,1-4H3. The maximum Gasteiger partial charge on any atom is 0.0900 e. The average molecular weight is 202 g/mol. The molecular formula is C12H26O2. The van der Waals surface area contributed by atoms with E-state index in [4.69, 9.17) is 0 Å². The van der Waals surface area contributed by atoms with Crippen molar-refractivity contribution in [2.45, 2.75) is 77.4 Å². The molecule has 2 heteroatoms. The van der Waals surface area contributed by atoms with Gasteiger partial charge in [-0.1, -0.05) is 39.0 Å². The molecule has 0 aromatic heterocycles. The van der Waals surface area contributed by atoms with Gasteiger partial charge >= 0.3 is 0 Å². The molecule has 0 aliphatic rings. The van der Waals surface area contributed by atoms with E-state index in [1.165, 1.54) is 19.3 Å². The SMILES string of the molecule is CCCCCCCC(C)(O)C(C)(C)O. The first-order valence-electron chi connectivity index (χ1n) is 5.76. The summed E-state index contributed by atoms with van der Waals surface area (Å²) in [6, 6.07) is 0. The summed E-state index contributed by atoms with van der Waals surface area (Å²) in [5.41, 5.74) is -1.96. The van der Waals surface area contributed by atoms with Crippen molar-refractivity contribution >= 4 is 0 Å². The fourth-order valence-electron chi connectivity index (χ4n) is 1.38. The van der Waals surface area contributed by atoms with Crippen molar-refractivity contribution in [1.82, 2.24) is 0 Å². The van der Waals surface area contributed by atoms with Gasteiger partial charge in [-0.05, 0) is 27.2 Å². The molecule has 0 heterocycles. The Kier molecular flexibility index (Phi) is 5.68. The Morgan fingerprint density at radius 2 is 1.36 bits per heavy atom. The van der Waals surface area contributed by atoms with E-state index in [0.717, 1.165) is 12.8 Å². The molecule has 0 saturated carbocycles. The summed E-state index contributed by atoms with van der Waals surface area (Å²) in [6.45, 7) is 7.23. The summed E-state index contributed by atoms with van der Waals surface area (Å²) in [4.78, 5) is 0. The summed E-state index contributed by atoms with van der Waals surface area (Å²) in [5, 5.41) is 19.7. The Labute approximate surface area is 88.3 Å². The molecule has 0 fully saturated rings. The van der Waals surface area contributed by atoms with Crippen LogP contribution in [0.15, 0.2) is 0 Å². The van der Waals surface area contributed by atoms with Crippen molar-refractivity contribution in [1.29, 1.82) is 0 Å². The predicted octanol–water partition coefficient (Wildman–Crippen LogP) is 2.87. The Morgan fingerprint density at radius 1 is 0.857 bits per heavy atom. The lowest BCUT2D eigenvalue weighted by Crippen LogP contribution is -2.47. The van der Waals surface area contributed by atoms with Crippen molar-refractivity contribution in [2.24, 2.45) is 0 Å². The highest BCUT2D eigenvalue weighted by atomic mass is 16.3. The van der Waals surface area contributed by atoms with E-state index in [0.29, 0.717) is 6.42 Å². The topological polar surface area (TPSA) is 40.5 Å². The fraction of sp³-hybridized carbons (Fsp3) is 1.00. The van der Waals surface area contributed by atoms with E-state index in [1.807, 2.05) is 0 Å². The molecular weight excluding hydrogens is 176 g/mol. The third-order valence-electron chi connectivity index (χ3n) is 3.09. The number of unbranched alkanes of at least 4 members (excludes halogenated alkanes) is 4. The van der Waals surface area contributed by atoms with Crippen LogP contribution in [0.4, 0.5) is 0 Å². The third-order valence-corrected chi connectivity index (χ3v) is 3.09. The lowest BCUT2D eigenvalue weighted by atomic mass is 9.83. The van der Waals surface area contributed by atoms with E-state index >= 15 is 0 Å². The van der Waals surface area contributed by atoms with Gasteiger partial charge in [0.2, 0.25) is 0 Å². The Morgan fingerprint density at radius 3 is 1.79 bits per heavy atom. The summed E-state index contributed by atoms with van der Waals surface area (Å²) >= 11 is 0. The smallest absolute Gasteiger partial charge is 0.0900 e. The Balaban J connectivity index is 3.67. The lowest BCUT2D eigenvalue weighted by molar-refractivity contribution is -0.124. The second-order valence-electron chi connectivity index (χ2n) is 5.00. The molecule has 0 saturated heterocycles. The van der Waals surface area contributed by atoms with Gasteiger partial charge in [-0.15, -0.1) is 0 Å². The van der Waals surface area contributed by atoms with Gasteiger partial charge in [0.15, 0.2) is 0 Å². The zero-order valence-corrected chi connectivity index (χ0v) is 10.1. The summed E-state index contributed by atoms with van der Waals surface area (Å²) in [6.07, 6.45) is 6.57. The average Bonchev–Trinajstić information content (AvgIpc) is 2.02. The first-order chi connectivity index (χ1) is 6.31. The van der Waals surface area contributed by atoms with Crippen LogP contribution in [-0.4, -0.2) is 21.4 Å². The van der Waals surface area contributed by atoms with E-state index in [1.54, 1.807) is 20.8 Å². The monoisotopic (exact) mass is 202 g/mol. The molecule has 1 unspecified atom stereocenters. The maximum absolute atomic E-state index is 9.96. The molecule has 0 aliphatic heterocycles. The van der Waals surface area contributed by atoms with Gasteiger partial charge in [-0.2, -0.15) is 0 Å². The molecule has 0 rings (SSSR count). The summed E-state index contributed by atoms with van der Waals surface area (Å²) < 4.78 is 0. The second kappa shape index (κ2) is 5.72. The molecule has 14 heavy (non-hydrogen) atoms. The second-order valence-corrected chi connectivity index (χ2v) is 5.00.